The maximum absolute atomic E-state index is 11.9. The number of amides is 1. The summed E-state index contributed by atoms with van der Waals surface area (Å²) in [5, 5.41) is 8.93. The zero-order chi connectivity index (χ0) is 11.9. The predicted molar refractivity (Wildman–Crippen MR) is 58.6 cm³/mol. The van der Waals surface area contributed by atoms with Crippen molar-refractivity contribution in [3.05, 3.63) is 34.4 Å². The number of hydrogen-bond acceptors (Lipinski definition) is 2. The van der Waals surface area contributed by atoms with E-state index in [1.807, 2.05) is 6.92 Å². The molecule has 16 heavy (non-hydrogen) atoms. The second kappa shape index (κ2) is 3.63. The quantitative estimate of drug-likeness (QED) is 0.823. The van der Waals surface area contributed by atoms with Gasteiger partial charge < -0.3 is 10.0 Å². The molecular weight excluding hydrogens is 206 g/mol. The maximum atomic E-state index is 11.9. The van der Waals surface area contributed by atoms with E-state index >= 15 is 0 Å². The number of rotatable bonds is 2. The van der Waals surface area contributed by atoms with Gasteiger partial charge in [0.2, 0.25) is 0 Å². The third-order valence-electron chi connectivity index (χ3n) is 2.91. The van der Waals surface area contributed by atoms with Crippen molar-refractivity contribution in [1.82, 2.24) is 4.90 Å². The molecule has 0 atom stereocenters. The van der Waals surface area contributed by atoms with Gasteiger partial charge in [0.1, 0.15) is 0 Å². The van der Waals surface area contributed by atoms with Crippen LogP contribution in [0.1, 0.15) is 38.8 Å². The fraction of sp³-hybridized carbons (Fsp3) is 0.333. The van der Waals surface area contributed by atoms with E-state index in [-0.39, 0.29) is 11.5 Å². The Labute approximate surface area is 93.5 Å². The van der Waals surface area contributed by atoms with Crippen LogP contribution in [0.25, 0.3) is 0 Å². The first-order valence-corrected chi connectivity index (χ1v) is 5.20. The summed E-state index contributed by atoms with van der Waals surface area (Å²) in [4.78, 5) is 24.5. The highest BCUT2D eigenvalue weighted by Gasteiger charge is 2.28. The molecular formula is C12H13NO3. The Hall–Kier alpha value is -1.84. The highest BCUT2D eigenvalue weighted by molar-refractivity contribution is 6.01. The number of hydrogen-bond donors (Lipinski definition) is 1. The van der Waals surface area contributed by atoms with Gasteiger partial charge in [-0.3, -0.25) is 4.79 Å². The highest BCUT2D eigenvalue weighted by Crippen LogP contribution is 2.26. The second-order valence-electron chi connectivity index (χ2n) is 3.95. The third-order valence-corrected chi connectivity index (χ3v) is 2.91. The zero-order valence-electron chi connectivity index (χ0n) is 9.28. The number of aryl methyl sites for hydroxylation is 1. The lowest BCUT2D eigenvalue weighted by molar-refractivity contribution is 0.0695. The summed E-state index contributed by atoms with van der Waals surface area (Å²) in [6, 6.07) is 3.15. The van der Waals surface area contributed by atoms with Gasteiger partial charge in [-0.1, -0.05) is 0 Å². The lowest BCUT2D eigenvalue weighted by atomic mass is 10.0. The largest absolute Gasteiger partial charge is 0.478 e. The van der Waals surface area contributed by atoms with Gasteiger partial charge in [-0.25, -0.2) is 4.79 Å². The minimum Gasteiger partial charge on any atom is -0.478 e. The highest BCUT2D eigenvalue weighted by atomic mass is 16.4. The van der Waals surface area contributed by atoms with Gasteiger partial charge in [0, 0.05) is 18.7 Å². The summed E-state index contributed by atoms with van der Waals surface area (Å²) < 4.78 is 0. The third kappa shape index (κ3) is 1.46. The van der Waals surface area contributed by atoms with Crippen LogP contribution < -0.4 is 0 Å². The number of carboxylic acids is 1. The molecule has 1 aliphatic heterocycles. The summed E-state index contributed by atoms with van der Waals surface area (Å²) in [5.74, 6) is -0.944. The molecule has 0 bridgehead atoms. The molecule has 1 N–H and O–H groups in total. The summed E-state index contributed by atoms with van der Waals surface area (Å²) in [6.07, 6.45) is 0. The topological polar surface area (TPSA) is 57.6 Å². The van der Waals surface area contributed by atoms with Gasteiger partial charge in [0.25, 0.3) is 5.91 Å². The molecule has 4 nitrogen and oxygen atoms in total. The molecule has 1 aliphatic rings. The van der Waals surface area contributed by atoms with Crippen LogP contribution in [0.15, 0.2) is 12.1 Å². The van der Waals surface area contributed by atoms with Crippen molar-refractivity contribution in [1.29, 1.82) is 0 Å². The van der Waals surface area contributed by atoms with Crippen molar-refractivity contribution in [2.24, 2.45) is 0 Å². The summed E-state index contributed by atoms with van der Waals surface area (Å²) >= 11 is 0. The molecule has 0 unspecified atom stereocenters. The van der Waals surface area contributed by atoms with Gasteiger partial charge in [-0.15, -0.1) is 0 Å². The zero-order valence-corrected chi connectivity index (χ0v) is 9.28. The monoisotopic (exact) mass is 219 g/mol. The minimum atomic E-state index is -0.951. The molecule has 1 heterocycles. The average molecular weight is 219 g/mol. The number of benzene rings is 1. The van der Waals surface area contributed by atoms with Gasteiger partial charge in [0.05, 0.1) is 5.56 Å². The van der Waals surface area contributed by atoms with E-state index in [4.69, 9.17) is 5.11 Å². The molecule has 0 radical (unpaired) electrons. The fourth-order valence-corrected chi connectivity index (χ4v) is 2.11. The first-order chi connectivity index (χ1) is 7.54. The Balaban J connectivity index is 2.54. The predicted octanol–water partition coefficient (Wildman–Crippen LogP) is 1.67. The Morgan fingerprint density at radius 3 is 2.75 bits per heavy atom. The van der Waals surface area contributed by atoms with Crippen LogP contribution in [0.2, 0.25) is 0 Å². The fourth-order valence-electron chi connectivity index (χ4n) is 2.11. The van der Waals surface area contributed by atoms with Gasteiger partial charge >= 0.3 is 5.97 Å². The molecule has 1 aromatic rings. The Bertz CT molecular complexity index is 479. The van der Waals surface area contributed by atoms with Crippen LogP contribution in [0.4, 0.5) is 0 Å². The SMILES string of the molecule is CCN1Cc2cc(C(=O)O)cc(C)c2C1=O. The first-order valence-electron chi connectivity index (χ1n) is 5.20. The Morgan fingerprint density at radius 2 is 2.19 bits per heavy atom. The molecule has 0 aromatic heterocycles. The number of nitrogens with zero attached hydrogens (tertiary/aromatic N) is 1. The normalized spacial score (nSPS) is 14.1. The Morgan fingerprint density at radius 1 is 1.50 bits per heavy atom. The second-order valence-corrected chi connectivity index (χ2v) is 3.95. The molecule has 0 spiro atoms. The van der Waals surface area contributed by atoms with E-state index in [1.54, 1.807) is 24.0 Å². The lowest BCUT2D eigenvalue weighted by Gasteiger charge is -2.11. The van der Waals surface area contributed by atoms with Crippen molar-refractivity contribution < 1.29 is 14.7 Å². The molecule has 2 rings (SSSR count). The molecule has 0 saturated carbocycles. The summed E-state index contributed by atoms with van der Waals surface area (Å²) in [5.41, 5.74) is 2.49. The molecule has 1 aromatic carbocycles. The van der Waals surface area contributed by atoms with Crippen LogP contribution in [0.5, 0.6) is 0 Å². The lowest BCUT2D eigenvalue weighted by Crippen LogP contribution is -2.23. The van der Waals surface area contributed by atoms with E-state index < -0.39 is 5.97 Å². The maximum Gasteiger partial charge on any atom is 0.335 e. The van der Waals surface area contributed by atoms with Crippen LogP contribution in [-0.2, 0) is 6.54 Å². The number of carbonyl (C=O) groups is 2. The number of aromatic carboxylic acids is 1. The number of carbonyl (C=O) groups excluding carboxylic acids is 1. The molecule has 0 fully saturated rings. The van der Waals surface area contributed by atoms with E-state index in [0.717, 1.165) is 11.1 Å². The number of carboxylic acid groups (broad SMARTS) is 1. The van der Waals surface area contributed by atoms with Crippen molar-refractivity contribution in [3.8, 4) is 0 Å². The van der Waals surface area contributed by atoms with E-state index in [1.165, 1.54) is 0 Å². The van der Waals surface area contributed by atoms with Crippen LogP contribution in [-0.4, -0.2) is 28.4 Å². The smallest absolute Gasteiger partial charge is 0.335 e. The summed E-state index contributed by atoms with van der Waals surface area (Å²) in [7, 11) is 0. The van der Waals surface area contributed by atoms with Crippen molar-refractivity contribution >= 4 is 11.9 Å². The average Bonchev–Trinajstić information content (AvgIpc) is 2.55. The van der Waals surface area contributed by atoms with Crippen LogP contribution >= 0.6 is 0 Å². The molecule has 84 valence electrons. The molecule has 0 aliphatic carbocycles. The van der Waals surface area contributed by atoms with E-state index in [0.29, 0.717) is 18.7 Å². The van der Waals surface area contributed by atoms with Crippen molar-refractivity contribution in [2.45, 2.75) is 20.4 Å². The first kappa shape index (κ1) is 10.7. The van der Waals surface area contributed by atoms with E-state index in [2.05, 4.69) is 0 Å². The molecule has 1 amide bonds. The van der Waals surface area contributed by atoms with E-state index in [9.17, 15) is 9.59 Å². The van der Waals surface area contributed by atoms with Crippen LogP contribution in [0, 0.1) is 6.92 Å². The Kier molecular flexibility index (Phi) is 2.42. The standard InChI is InChI=1S/C12H13NO3/c1-3-13-6-9-5-8(12(15)16)4-7(2)10(9)11(13)14/h4-5H,3,6H2,1-2H3,(H,15,16). The molecule has 0 saturated heterocycles. The summed E-state index contributed by atoms with van der Waals surface area (Å²) in [6.45, 7) is 4.86. The van der Waals surface area contributed by atoms with Gasteiger partial charge in [0.15, 0.2) is 0 Å². The van der Waals surface area contributed by atoms with Gasteiger partial charge in [-0.2, -0.15) is 0 Å². The van der Waals surface area contributed by atoms with Crippen molar-refractivity contribution in [3.63, 3.8) is 0 Å². The van der Waals surface area contributed by atoms with Crippen LogP contribution in [0.3, 0.4) is 0 Å². The number of fused-ring (bicyclic) bond motifs is 1. The minimum absolute atomic E-state index is 0.00642. The van der Waals surface area contributed by atoms with Gasteiger partial charge in [-0.05, 0) is 37.1 Å². The molecule has 4 heteroatoms. The van der Waals surface area contributed by atoms with Crippen molar-refractivity contribution in [2.75, 3.05) is 6.54 Å².